The standard InChI is InChI=1S/C21H26N2/c1-3-8-18(9-4-1)14-22-16-20-12-7-13-23(21(20)17-22)15-19-10-5-2-6-11-19/h1-6,8-11,20-21H,7,12-17H2. The molecular weight excluding hydrogens is 280 g/mol. The molecule has 0 aliphatic carbocycles. The van der Waals surface area contributed by atoms with E-state index in [9.17, 15) is 0 Å². The van der Waals surface area contributed by atoms with E-state index in [1.165, 1.54) is 43.6 Å². The Kier molecular flexibility index (Phi) is 4.45. The fourth-order valence-corrected chi connectivity index (χ4v) is 4.35. The molecule has 2 nitrogen and oxygen atoms in total. The third-order valence-electron chi connectivity index (χ3n) is 5.45. The molecule has 0 radical (unpaired) electrons. The van der Waals surface area contributed by atoms with Crippen molar-refractivity contribution in [1.29, 1.82) is 0 Å². The Morgan fingerprint density at radius 1 is 0.783 bits per heavy atom. The lowest BCUT2D eigenvalue weighted by Gasteiger charge is -2.37. The quantitative estimate of drug-likeness (QED) is 0.848. The molecule has 2 heterocycles. The van der Waals surface area contributed by atoms with Crippen molar-refractivity contribution >= 4 is 0 Å². The fraction of sp³-hybridized carbons (Fsp3) is 0.429. The average Bonchev–Trinajstić information content (AvgIpc) is 3.00. The highest BCUT2D eigenvalue weighted by molar-refractivity contribution is 5.16. The van der Waals surface area contributed by atoms with Crippen LogP contribution in [0.3, 0.4) is 0 Å². The lowest BCUT2D eigenvalue weighted by Crippen LogP contribution is -2.44. The second kappa shape index (κ2) is 6.86. The minimum atomic E-state index is 0.743. The van der Waals surface area contributed by atoms with Crippen molar-refractivity contribution in [1.82, 2.24) is 9.80 Å². The minimum absolute atomic E-state index is 0.743. The Balaban J connectivity index is 1.42. The number of likely N-dealkylation sites (tertiary alicyclic amines) is 2. The van der Waals surface area contributed by atoms with E-state index in [0.717, 1.165) is 25.0 Å². The molecule has 2 fully saturated rings. The number of fused-ring (bicyclic) bond motifs is 1. The Morgan fingerprint density at radius 2 is 1.43 bits per heavy atom. The molecule has 23 heavy (non-hydrogen) atoms. The van der Waals surface area contributed by atoms with Crippen LogP contribution in [0.1, 0.15) is 24.0 Å². The van der Waals surface area contributed by atoms with Crippen molar-refractivity contribution in [3.63, 3.8) is 0 Å². The second-order valence-electron chi connectivity index (χ2n) is 7.11. The third kappa shape index (κ3) is 3.49. The van der Waals surface area contributed by atoms with Gasteiger partial charge in [0, 0.05) is 32.2 Å². The number of benzene rings is 2. The highest BCUT2D eigenvalue weighted by Gasteiger charge is 2.38. The second-order valence-corrected chi connectivity index (χ2v) is 7.11. The Morgan fingerprint density at radius 3 is 2.13 bits per heavy atom. The van der Waals surface area contributed by atoms with Gasteiger partial charge >= 0.3 is 0 Å². The first-order chi connectivity index (χ1) is 11.4. The molecule has 0 N–H and O–H groups in total. The maximum Gasteiger partial charge on any atom is 0.0267 e. The maximum absolute atomic E-state index is 2.73. The van der Waals surface area contributed by atoms with Gasteiger partial charge in [0.2, 0.25) is 0 Å². The molecule has 2 aromatic rings. The summed E-state index contributed by atoms with van der Waals surface area (Å²) < 4.78 is 0. The smallest absolute Gasteiger partial charge is 0.0267 e. The van der Waals surface area contributed by atoms with Gasteiger partial charge in [-0.25, -0.2) is 0 Å². The zero-order valence-corrected chi connectivity index (χ0v) is 13.8. The van der Waals surface area contributed by atoms with Crippen LogP contribution in [-0.2, 0) is 13.1 Å². The van der Waals surface area contributed by atoms with Crippen LogP contribution in [0.15, 0.2) is 60.7 Å². The summed E-state index contributed by atoms with van der Waals surface area (Å²) in [5, 5.41) is 0. The van der Waals surface area contributed by atoms with E-state index >= 15 is 0 Å². The molecule has 0 bridgehead atoms. The molecule has 0 aromatic heterocycles. The lowest BCUT2D eigenvalue weighted by atomic mass is 9.91. The van der Waals surface area contributed by atoms with Crippen LogP contribution in [0, 0.1) is 5.92 Å². The largest absolute Gasteiger partial charge is 0.297 e. The topological polar surface area (TPSA) is 6.48 Å². The van der Waals surface area contributed by atoms with Gasteiger partial charge in [0.05, 0.1) is 0 Å². The number of hydrogen-bond acceptors (Lipinski definition) is 2. The first-order valence-corrected chi connectivity index (χ1v) is 8.93. The van der Waals surface area contributed by atoms with Crippen molar-refractivity contribution < 1.29 is 0 Å². The summed E-state index contributed by atoms with van der Waals surface area (Å²) in [6.07, 6.45) is 2.76. The van der Waals surface area contributed by atoms with Crippen LogP contribution >= 0.6 is 0 Å². The first kappa shape index (κ1) is 14.9. The van der Waals surface area contributed by atoms with Crippen molar-refractivity contribution in [2.75, 3.05) is 19.6 Å². The molecule has 0 spiro atoms. The van der Waals surface area contributed by atoms with Crippen molar-refractivity contribution in [3.8, 4) is 0 Å². The molecule has 2 aromatic carbocycles. The molecule has 2 aliphatic rings. The van der Waals surface area contributed by atoms with Crippen molar-refractivity contribution in [3.05, 3.63) is 71.8 Å². The molecule has 2 aliphatic heterocycles. The number of nitrogens with zero attached hydrogens (tertiary/aromatic N) is 2. The van der Waals surface area contributed by atoms with Gasteiger partial charge in [-0.15, -0.1) is 0 Å². The SMILES string of the molecule is c1ccc(CN2CC3CCCN(Cc4ccccc4)C3C2)cc1. The molecule has 4 rings (SSSR count). The highest BCUT2D eigenvalue weighted by Crippen LogP contribution is 2.32. The van der Waals surface area contributed by atoms with Crippen LogP contribution in [0.4, 0.5) is 0 Å². The average molecular weight is 306 g/mol. The number of rotatable bonds is 4. The molecule has 120 valence electrons. The molecule has 2 unspecified atom stereocenters. The molecule has 0 saturated carbocycles. The summed E-state index contributed by atoms with van der Waals surface area (Å²) in [5.74, 6) is 0.858. The van der Waals surface area contributed by atoms with Gasteiger partial charge in [-0.2, -0.15) is 0 Å². The predicted octanol–water partition coefficient (Wildman–Crippen LogP) is 3.78. The van der Waals surface area contributed by atoms with Crippen LogP contribution in [0.25, 0.3) is 0 Å². The van der Waals surface area contributed by atoms with Gasteiger partial charge in [-0.3, -0.25) is 9.80 Å². The van der Waals surface area contributed by atoms with Gasteiger partial charge < -0.3 is 0 Å². The van der Waals surface area contributed by atoms with Gasteiger partial charge in [0.15, 0.2) is 0 Å². The Bertz CT molecular complexity index is 610. The van der Waals surface area contributed by atoms with Crippen LogP contribution < -0.4 is 0 Å². The summed E-state index contributed by atoms with van der Waals surface area (Å²) in [5.41, 5.74) is 2.90. The van der Waals surface area contributed by atoms with E-state index in [4.69, 9.17) is 0 Å². The van der Waals surface area contributed by atoms with Crippen LogP contribution in [-0.4, -0.2) is 35.5 Å². The molecule has 2 atom stereocenters. The van der Waals surface area contributed by atoms with Gasteiger partial charge in [-0.05, 0) is 36.4 Å². The summed E-state index contributed by atoms with van der Waals surface area (Å²) in [4.78, 5) is 5.39. The maximum atomic E-state index is 2.73. The summed E-state index contributed by atoms with van der Waals surface area (Å²) in [6, 6.07) is 22.6. The van der Waals surface area contributed by atoms with E-state index < -0.39 is 0 Å². The lowest BCUT2D eigenvalue weighted by molar-refractivity contribution is 0.116. The van der Waals surface area contributed by atoms with E-state index in [0.29, 0.717) is 0 Å². The zero-order valence-electron chi connectivity index (χ0n) is 13.8. The minimum Gasteiger partial charge on any atom is -0.297 e. The number of piperidine rings is 1. The summed E-state index contributed by atoms with van der Waals surface area (Å²) in [7, 11) is 0. The van der Waals surface area contributed by atoms with E-state index in [1.54, 1.807) is 0 Å². The van der Waals surface area contributed by atoms with E-state index in [1.807, 2.05) is 0 Å². The predicted molar refractivity (Wildman–Crippen MR) is 95.1 cm³/mol. The molecular formula is C21H26N2. The summed E-state index contributed by atoms with van der Waals surface area (Å²) in [6.45, 7) is 5.97. The Labute approximate surface area is 139 Å². The van der Waals surface area contributed by atoms with Crippen molar-refractivity contribution in [2.24, 2.45) is 5.92 Å². The molecule has 2 saturated heterocycles. The van der Waals surface area contributed by atoms with Crippen LogP contribution in [0.2, 0.25) is 0 Å². The van der Waals surface area contributed by atoms with Gasteiger partial charge in [-0.1, -0.05) is 60.7 Å². The molecule has 2 heteroatoms. The van der Waals surface area contributed by atoms with Gasteiger partial charge in [0.1, 0.15) is 0 Å². The first-order valence-electron chi connectivity index (χ1n) is 8.93. The highest BCUT2D eigenvalue weighted by atomic mass is 15.3. The summed E-state index contributed by atoms with van der Waals surface area (Å²) >= 11 is 0. The zero-order chi connectivity index (χ0) is 15.5. The van der Waals surface area contributed by atoms with E-state index in [-0.39, 0.29) is 0 Å². The van der Waals surface area contributed by atoms with Gasteiger partial charge in [0.25, 0.3) is 0 Å². The number of hydrogen-bond donors (Lipinski definition) is 0. The molecule has 0 amide bonds. The van der Waals surface area contributed by atoms with E-state index in [2.05, 4.69) is 70.5 Å². The fourth-order valence-electron chi connectivity index (χ4n) is 4.35. The normalized spacial score (nSPS) is 25.4. The van der Waals surface area contributed by atoms with Crippen LogP contribution in [0.5, 0.6) is 0 Å². The van der Waals surface area contributed by atoms with Crippen molar-refractivity contribution in [2.45, 2.75) is 32.0 Å². The third-order valence-corrected chi connectivity index (χ3v) is 5.45. The monoisotopic (exact) mass is 306 g/mol. The Hall–Kier alpha value is -1.64.